The molecule has 3 fully saturated rings. The van der Waals surface area contributed by atoms with Gasteiger partial charge in [-0.25, -0.2) is 15.0 Å². The number of hydrogen-bond acceptors (Lipinski definition) is 7. The van der Waals surface area contributed by atoms with Crippen molar-refractivity contribution in [2.45, 2.75) is 43.6 Å². The fourth-order valence-electron chi connectivity index (χ4n) is 5.08. The summed E-state index contributed by atoms with van der Waals surface area (Å²) >= 11 is 1.57. The highest BCUT2D eigenvalue weighted by atomic mass is 32.1. The first-order valence-corrected chi connectivity index (χ1v) is 11.6. The van der Waals surface area contributed by atoms with Crippen molar-refractivity contribution in [3.8, 4) is 10.6 Å². The van der Waals surface area contributed by atoms with E-state index in [2.05, 4.69) is 32.0 Å². The molecule has 3 aliphatic heterocycles. The second-order valence-electron chi connectivity index (χ2n) is 8.38. The summed E-state index contributed by atoms with van der Waals surface area (Å²) in [5, 5.41) is 2.86. The average Bonchev–Trinajstić information content (AvgIpc) is 3.55. The summed E-state index contributed by atoms with van der Waals surface area (Å²) in [4.78, 5) is 31.1. The second kappa shape index (κ2) is 7.39. The van der Waals surface area contributed by atoms with E-state index >= 15 is 0 Å². The molecule has 0 aliphatic carbocycles. The molecule has 3 aliphatic rings. The van der Waals surface area contributed by atoms with Gasteiger partial charge in [-0.05, 0) is 18.4 Å². The van der Waals surface area contributed by atoms with Gasteiger partial charge in [-0.2, -0.15) is 0 Å². The van der Waals surface area contributed by atoms with E-state index in [1.54, 1.807) is 17.5 Å². The van der Waals surface area contributed by atoms with Gasteiger partial charge < -0.3 is 14.5 Å². The third kappa shape index (κ3) is 3.13. The molecule has 2 aromatic heterocycles. The number of hydrogen-bond donors (Lipinski definition) is 0. The minimum absolute atomic E-state index is 0.0990. The Bertz CT molecular complexity index is 1070. The predicted molar refractivity (Wildman–Crippen MR) is 117 cm³/mol. The lowest BCUT2D eigenvalue weighted by molar-refractivity contribution is -0.140. The lowest BCUT2D eigenvalue weighted by atomic mass is 9.89. The van der Waals surface area contributed by atoms with Crippen LogP contribution >= 0.6 is 11.3 Å². The van der Waals surface area contributed by atoms with Crippen LogP contribution in [0.15, 0.2) is 54.3 Å². The van der Waals surface area contributed by atoms with E-state index < -0.39 is 5.60 Å². The summed E-state index contributed by atoms with van der Waals surface area (Å²) in [5.41, 5.74) is 1.43. The monoisotopic (exact) mass is 433 g/mol. The van der Waals surface area contributed by atoms with Gasteiger partial charge in [0.1, 0.15) is 11.2 Å². The summed E-state index contributed by atoms with van der Waals surface area (Å²) < 4.78 is 6.43. The van der Waals surface area contributed by atoms with Crippen LogP contribution in [0.25, 0.3) is 10.6 Å². The summed E-state index contributed by atoms with van der Waals surface area (Å²) in [6, 6.07) is 10.4. The summed E-state index contributed by atoms with van der Waals surface area (Å²) in [5.74, 6) is 0.854. The minimum Gasteiger partial charge on any atom is -0.342 e. The molecule has 1 spiro atoms. The first-order valence-electron chi connectivity index (χ1n) is 10.8. The first kappa shape index (κ1) is 18.9. The van der Waals surface area contributed by atoms with Crippen molar-refractivity contribution in [1.29, 1.82) is 0 Å². The Morgan fingerprint density at radius 2 is 1.81 bits per heavy atom. The summed E-state index contributed by atoms with van der Waals surface area (Å²) in [6.45, 7) is 1.41. The minimum atomic E-state index is -0.699. The molecule has 0 radical (unpaired) electrons. The highest BCUT2D eigenvalue weighted by Gasteiger charge is 2.58. The van der Waals surface area contributed by atoms with Crippen LogP contribution in [0, 0.1) is 0 Å². The molecule has 31 heavy (non-hydrogen) atoms. The molecule has 7 nitrogen and oxygen atoms in total. The smallest absolute Gasteiger partial charge is 0.257 e. The SMILES string of the molecule is O=C1N2[C@@H](CC[C@H]2c2ccccc2)OC12CCN(c1ncc(-c3nccs3)cn1)CC2. The van der Waals surface area contributed by atoms with Crippen LogP contribution in [0.4, 0.5) is 5.95 Å². The molecule has 0 saturated carbocycles. The third-order valence-corrected chi connectivity index (χ3v) is 7.50. The van der Waals surface area contributed by atoms with Crippen LogP contribution in [0.5, 0.6) is 0 Å². The normalized spacial score (nSPS) is 24.7. The van der Waals surface area contributed by atoms with Gasteiger partial charge in [0.05, 0.1) is 6.04 Å². The number of carbonyl (C=O) groups is 1. The number of anilines is 1. The number of fused-ring (bicyclic) bond motifs is 1. The number of nitrogens with zero attached hydrogens (tertiary/aromatic N) is 5. The number of piperidine rings is 1. The van der Waals surface area contributed by atoms with E-state index in [1.165, 1.54) is 5.56 Å². The van der Waals surface area contributed by atoms with Gasteiger partial charge in [-0.15, -0.1) is 11.3 Å². The number of benzene rings is 1. The molecule has 6 rings (SSSR count). The van der Waals surface area contributed by atoms with Gasteiger partial charge in [0, 0.05) is 55.5 Å². The van der Waals surface area contributed by atoms with Crippen LogP contribution in [0.3, 0.4) is 0 Å². The van der Waals surface area contributed by atoms with Crippen molar-refractivity contribution >= 4 is 23.2 Å². The predicted octanol–water partition coefficient (Wildman–Crippen LogP) is 3.66. The molecule has 2 atom stereocenters. The maximum Gasteiger partial charge on any atom is 0.257 e. The number of ether oxygens (including phenoxy) is 1. The number of thiazole rings is 1. The van der Waals surface area contributed by atoms with Crippen molar-refractivity contribution in [3.05, 3.63) is 59.9 Å². The maximum atomic E-state index is 13.5. The fraction of sp³-hybridized carbons (Fsp3) is 0.391. The van der Waals surface area contributed by atoms with Gasteiger partial charge in [-0.1, -0.05) is 30.3 Å². The Morgan fingerprint density at radius 3 is 2.52 bits per heavy atom. The molecule has 8 heteroatoms. The Hall–Kier alpha value is -2.84. The second-order valence-corrected chi connectivity index (χ2v) is 9.27. The van der Waals surface area contributed by atoms with Crippen LogP contribution in [-0.4, -0.2) is 50.7 Å². The van der Waals surface area contributed by atoms with Gasteiger partial charge in [0.15, 0.2) is 5.60 Å². The molecule has 0 N–H and O–H groups in total. The van der Waals surface area contributed by atoms with Crippen molar-refractivity contribution < 1.29 is 9.53 Å². The number of aromatic nitrogens is 3. The zero-order chi connectivity index (χ0) is 20.8. The summed E-state index contributed by atoms with van der Waals surface area (Å²) in [6.07, 6.45) is 8.52. The van der Waals surface area contributed by atoms with Gasteiger partial charge in [0.2, 0.25) is 5.95 Å². The Kier molecular flexibility index (Phi) is 4.50. The zero-order valence-corrected chi connectivity index (χ0v) is 17.9. The maximum absolute atomic E-state index is 13.5. The lowest BCUT2D eigenvalue weighted by Gasteiger charge is -2.37. The first-order chi connectivity index (χ1) is 15.2. The van der Waals surface area contributed by atoms with Crippen molar-refractivity contribution in [2.75, 3.05) is 18.0 Å². The van der Waals surface area contributed by atoms with E-state index in [1.807, 2.05) is 40.9 Å². The van der Waals surface area contributed by atoms with Crippen LogP contribution in [-0.2, 0) is 9.53 Å². The third-order valence-electron chi connectivity index (χ3n) is 6.67. The van der Waals surface area contributed by atoms with Crippen LogP contribution in [0.2, 0.25) is 0 Å². The molecule has 0 unspecified atom stereocenters. The highest BCUT2D eigenvalue weighted by molar-refractivity contribution is 7.13. The molecular weight excluding hydrogens is 410 g/mol. The van der Waals surface area contributed by atoms with E-state index in [9.17, 15) is 4.79 Å². The van der Waals surface area contributed by atoms with E-state index in [0.717, 1.165) is 23.4 Å². The summed E-state index contributed by atoms with van der Waals surface area (Å²) in [7, 11) is 0. The van der Waals surface area contributed by atoms with E-state index in [4.69, 9.17) is 4.74 Å². The molecule has 1 aromatic carbocycles. The number of amides is 1. The number of rotatable bonds is 3. The molecule has 5 heterocycles. The van der Waals surface area contributed by atoms with Gasteiger partial charge in [-0.3, -0.25) is 4.79 Å². The largest absolute Gasteiger partial charge is 0.342 e. The van der Waals surface area contributed by atoms with Gasteiger partial charge in [0.25, 0.3) is 5.91 Å². The molecule has 1 amide bonds. The van der Waals surface area contributed by atoms with Crippen molar-refractivity contribution in [2.24, 2.45) is 0 Å². The van der Waals surface area contributed by atoms with Gasteiger partial charge >= 0.3 is 0 Å². The Morgan fingerprint density at radius 1 is 1.03 bits per heavy atom. The zero-order valence-electron chi connectivity index (χ0n) is 17.1. The molecule has 158 valence electrons. The Balaban J connectivity index is 1.16. The Labute approximate surface area is 184 Å². The highest BCUT2D eigenvalue weighted by Crippen LogP contribution is 2.47. The van der Waals surface area contributed by atoms with E-state index in [0.29, 0.717) is 31.9 Å². The number of carbonyl (C=O) groups excluding carboxylic acids is 1. The molecule has 0 bridgehead atoms. The van der Waals surface area contributed by atoms with E-state index in [-0.39, 0.29) is 18.2 Å². The topological polar surface area (TPSA) is 71.5 Å². The van der Waals surface area contributed by atoms with Crippen LogP contribution in [0.1, 0.15) is 37.3 Å². The van der Waals surface area contributed by atoms with Crippen LogP contribution < -0.4 is 4.90 Å². The molecule has 3 aromatic rings. The van der Waals surface area contributed by atoms with Crippen molar-refractivity contribution in [3.63, 3.8) is 0 Å². The quantitative estimate of drug-likeness (QED) is 0.628. The fourth-order valence-corrected chi connectivity index (χ4v) is 5.69. The van der Waals surface area contributed by atoms with Crippen molar-refractivity contribution in [1.82, 2.24) is 19.9 Å². The standard InChI is InChI=1S/C23H23N5O2S/c29-21-23(30-19-7-6-18(28(19)21)16-4-2-1-3-5-16)8-11-27(12-9-23)22-25-14-17(15-26-22)20-24-10-13-31-20/h1-5,10,13-15,18-19H,6-9,11-12H2/t18-,19+/m0/s1. The average molecular weight is 434 g/mol. The molecular formula is C23H23N5O2S. The molecule has 3 saturated heterocycles. The lowest BCUT2D eigenvalue weighted by Crippen LogP contribution is -2.50.